The Morgan fingerprint density at radius 3 is 1.00 bits per heavy atom. The van der Waals surface area contributed by atoms with Crippen LogP contribution in [0.4, 0.5) is 11.4 Å². The third-order valence-electron chi connectivity index (χ3n) is 4.37. The summed E-state index contributed by atoms with van der Waals surface area (Å²) >= 11 is 0. The SMILES string of the molecule is Nc1ccc(-[n+]2ccc(-c3cc[n+](-c4ccc(N)cc4)cc3)cc2)cc1.[Cl-].[Cl-]. The molecular weight excluding hydrogens is 391 g/mol. The molecule has 0 saturated heterocycles. The maximum absolute atomic E-state index is 5.75. The van der Waals surface area contributed by atoms with Gasteiger partial charge in [0.15, 0.2) is 24.8 Å². The predicted molar refractivity (Wildman–Crippen MR) is 104 cm³/mol. The molecule has 0 spiro atoms. The molecule has 4 N–H and O–H groups in total. The molecule has 0 saturated carbocycles. The topological polar surface area (TPSA) is 59.8 Å². The van der Waals surface area contributed by atoms with Crippen LogP contribution < -0.4 is 45.4 Å². The first kappa shape index (κ1) is 21.2. The fraction of sp³-hybridized carbons (Fsp3) is 0. The number of aromatic nitrogens is 2. The fourth-order valence-corrected chi connectivity index (χ4v) is 2.87. The van der Waals surface area contributed by atoms with Crippen LogP contribution in [0.1, 0.15) is 0 Å². The Balaban J connectivity index is 0.00000140. The van der Waals surface area contributed by atoms with Crippen LogP contribution in [0.5, 0.6) is 0 Å². The minimum absolute atomic E-state index is 0. The van der Waals surface area contributed by atoms with Crippen molar-refractivity contribution in [2.75, 3.05) is 11.5 Å². The number of hydrogen-bond donors (Lipinski definition) is 2. The lowest BCUT2D eigenvalue weighted by Gasteiger charge is -2.02. The molecule has 28 heavy (non-hydrogen) atoms. The van der Waals surface area contributed by atoms with E-state index in [-0.39, 0.29) is 24.8 Å². The summed E-state index contributed by atoms with van der Waals surface area (Å²) in [5.41, 5.74) is 17.5. The molecule has 142 valence electrons. The van der Waals surface area contributed by atoms with Crippen molar-refractivity contribution >= 4 is 11.4 Å². The van der Waals surface area contributed by atoms with Gasteiger partial charge in [-0.1, -0.05) is 0 Å². The molecule has 4 aromatic rings. The van der Waals surface area contributed by atoms with Crippen LogP contribution in [0.2, 0.25) is 0 Å². The largest absolute Gasteiger partial charge is 1.00 e. The van der Waals surface area contributed by atoms with Crippen LogP contribution in [-0.4, -0.2) is 0 Å². The Labute approximate surface area is 176 Å². The van der Waals surface area contributed by atoms with Gasteiger partial charge in [-0.15, -0.1) is 0 Å². The van der Waals surface area contributed by atoms with E-state index >= 15 is 0 Å². The highest BCUT2D eigenvalue weighted by Gasteiger charge is 2.09. The molecule has 0 bridgehead atoms. The van der Waals surface area contributed by atoms with E-state index in [1.165, 1.54) is 11.1 Å². The second kappa shape index (κ2) is 9.22. The molecule has 0 radical (unpaired) electrons. The fourth-order valence-electron chi connectivity index (χ4n) is 2.87. The van der Waals surface area contributed by atoms with E-state index in [0.717, 1.165) is 22.7 Å². The molecule has 0 unspecified atom stereocenters. The third-order valence-corrected chi connectivity index (χ3v) is 4.37. The van der Waals surface area contributed by atoms with E-state index in [1.54, 1.807) is 0 Å². The standard InChI is InChI=1S/C22H19N4.2ClH/c23-19-1-5-21(6-2-19)25-13-9-17(10-14-25)18-11-15-26(16-12-18)22-7-3-20(24)4-8-22;;/h1-16,23H,24H2;2*1H/q+1;;/p-1. The van der Waals surface area contributed by atoms with Crippen molar-refractivity contribution < 1.29 is 33.9 Å². The zero-order valence-electron chi connectivity index (χ0n) is 15.0. The number of anilines is 2. The van der Waals surface area contributed by atoms with Gasteiger partial charge in [0.2, 0.25) is 11.4 Å². The van der Waals surface area contributed by atoms with Gasteiger partial charge in [-0.05, 0) is 35.4 Å². The highest BCUT2D eigenvalue weighted by atomic mass is 35.5. The first-order valence-electron chi connectivity index (χ1n) is 8.44. The highest BCUT2D eigenvalue weighted by Crippen LogP contribution is 2.17. The molecule has 2 aromatic carbocycles. The molecule has 2 heterocycles. The number of benzene rings is 2. The molecular formula is C22H20Cl2N4. The molecule has 4 rings (SSSR count). The van der Waals surface area contributed by atoms with Crippen LogP contribution >= 0.6 is 0 Å². The summed E-state index contributed by atoms with van der Waals surface area (Å²) < 4.78 is 4.14. The van der Waals surface area contributed by atoms with Gasteiger partial charge in [0.25, 0.3) is 0 Å². The monoisotopic (exact) mass is 410 g/mol. The predicted octanol–water partition coefficient (Wildman–Crippen LogP) is -2.92. The Bertz CT molecular complexity index is 927. The van der Waals surface area contributed by atoms with Gasteiger partial charge in [0.1, 0.15) is 0 Å². The lowest BCUT2D eigenvalue weighted by atomic mass is 10.1. The van der Waals surface area contributed by atoms with Crippen molar-refractivity contribution in [2.24, 2.45) is 0 Å². The molecule has 0 fully saturated rings. The molecule has 0 aliphatic heterocycles. The minimum Gasteiger partial charge on any atom is -1.00 e. The first-order valence-corrected chi connectivity index (χ1v) is 8.44. The van der Waals surface area contributed by atoms with Crippen LogP contribution in [0, 0.1) is 0 Å². The van der Waals surface area contributed by atoms with E-state index in [0.29, 0.717) is 0 Å². The van der Waals surface area contributed by atoms with Crippen molar-refractivity contribution in [1.82, 2.24) is 0 Å². The molecule has 0 aliphatic carbocycles. The van der Waals surface area contributed by atoms with Crippen LogP contribution in [0.3, 0.4) is 0 Å². The maximum atomic E-state index is 5.75. The van der Waals surface area contributed by atoms with Crippen molar-refractivity contribution in [1.29, 1.82) is 0 Å². The first-order chi connectivity index (χ1) is 12.7. The van der Waals surface area contributed by atoms with E-state index in [2.05, 4.69) is 58.2 Å². The van der Waals surface area contributed by atoms with E-state index in [4.69, 9.17) is 11.5 Å². The normalized spacial score (nSPS) is 9.86. The number of nitrogen functional groups attached to an aromatic ring is 2. The van der Waals surface area contributed by atoms with Crippen LogP contribution in [0.25, 0.3) is 22.5 Å². The van der Waals surface area contributed by atoms with Crippen molar-refractivity contribution in [2.45, 2.75) is 0 Å². The zero-order valence-corrected chi connectivity index (χ0v) is 16.6. The van der Waals surface area contributed by atoms with Gasteiger partial charge in [0.05, 0.1) is 0 Å². The van der Waals surface area contributed by atoms with Gasteiger partial charge < -0.3 is 36.3 Å². The lowest BCUT2D eigenvalue weighted by molar-refractivity contribution is -0.596. The van der Waals surface area contributed by atoms with Crippen molar-refractivity contribution in [3.63, 3.8) is 0 Å². The van der Waals surface area contributed by atoms with Crippen LogP contribution in [-0.2, 0) is 0 Å². The van der Waals surface area contributed by atoms with E-state index in [1.807, 2.05) is 48.5 Å². The second-order valence-electron chi connectivity index (χ2n) is 6.17. The summed E-state index contributed by atoms with van der Waals surface area (Å²) in [6, 6.07) is 24.1. The Kier molecular flexibility index (Phi) is 6.99. The smallest absolute Gasteiger partial charge is 0.210 e. The van der Waals surface area contributed by atoms with Gasteiger partial charge in [-0.25, -0.2) is 0 Å². The number of halogens is 2. The Morgan fingerprint density at radius 2 is 0.714 bits per heavy atom. The quantitative estimate of drug-likeness (QED) is 0.281. The second-order valence-corrected chi connectivity index (χ2v) is 6.17. The summed E-state index contributed by atoms with van der Waals surface area (Å²) in [7, 11) is 0. The number of nitrogens with zero attached hydrogens (tertiary/aromatic N) is 2. The molecule has 0 amide bonds. The van der Waals surface area contributed by atoms with Crippen LogP contribution in [0.15, 0.2) is 97.6 Å². The Morgan fingerprint density at radius 1 is 0.429 bits per heavy atom. The summed E-state index contributed by atoms with van der Waals surface area (Å²) in [5, 5.41) is 0. The molecule has 4 nitrogen and oxygen atoms in total. The van der Waals surface area contributed by atoms with E-state index < -0.39 is 0 Å². The van der Waals surface area contributed by atoms with Crippen molar-refractivity contribution in [3.8, 4) is 22.5 Å². The zero-order chi connectivity index (χ0) is 17.9. The van der Waals surface area contributed by atoms with Gasteiger partial charge >= 0.3 is 0 Å². The molecule has 0 atom stereocenters. The van der Waals surface area contributed by atoms with Gasteiger partial charge in [0, 0.05) is 59.9 Å². The average molecular weight is 411 g/mol. The van der Waals surface area contributed by atoms with E-state index in [9.17, 15) is 0 Å². The van der Waals surface area contributed by atoms with Gasteiger partial charge in [-0.2, -0.15) is 9.13 Å². The molecule has 0 aliphatic rings. The number of hydrogen-bond acceptors (Lipinski definition) is 2. The summed E-state index contributed by atoms with van der Waals surface area (Å²) in [6.07, 6.45) is 8.23. The highest BCUT2D eigenvalue weighted by molar-refractivity contribution is 5.61. The number of pyridine rings is 2. The summed E-state index contributed by atoms with van der Waals surface area (Å²) in [5.74, 6) is 0. The minimum atomic E-state index is 0. The Hall–Kier alpha value is -3.08. The summed E-state index contributed by atoms with van der Waals surface area (Å²) in [4.78, 5) is 0. The summed E-state index contributed by atoms with van der Waals surface area (Å²) in [6.45, 7) is 0. The van der Waals surface area contributed by atoms with Crippen molar-refractivity contribution in [3.05, 3.63) is 97.6 Å². The van der Waals surface area contributed by atoms with Gasteiger partial charge in [-0.3, -0.25) is 0 Å². The number of rotatable bonds is 3. The molecule has 2 aromatic heterocycles. The third kappa shape index (κ3) is 4.60. The molecule has 6 heteroatoms. The lowest BCUT2D eigenvalue weighted by Crippen LogP contribution is -3.00. The number of nitrogens with two attached hydrogens (primary N) is 2. The average Bonchev–Trinajstić information content (AvgIpc) is 2.70. The maximum Gasteiger partial charge on any atom is 0.210 e.